The number of carbonyl (C=O) groups is 1. The van der Waals surface area contributed by atoms with Gasteiger partial charge in [0.25, 0.3) is 0 Å². The number of carbonyl (C=O) groups excluding carboxylic acids is 1. The van der Waals surface area contributed by atoms with Crippen molar-refractivity contribution < 1.29 is 13.9 Å². The van der Waals surface area contributed by atoms with Gasteiger partial charge in [0.2, 0.25) is 5.76 Å². The van der Waals surface area contributed by atoms with Gasteiger partial charge in [-0.05, 0) is 28.5 Å². The summed E-state index contributed by atoms with van der Waals surface area (Å²) < 4.78 is 10.9. The van der Waals surface area contributed by atoms with Gasteiger partial charge in [-0.1, -0.05) is 54.6 Å². The van der Waals surface area contributed by atoms with E-state index in [1.807, 2.05) is 42.5 Å². The Bertz CT molecular complexity index is 1140. The number of fused-ring (bicyclic) bond motifs is 2. The summed E-state index contributed by atoms with van der Waals surface area (Å²) in [5.74, 6) is -0.750. The van der Waals surface area contributed by atoms with Crippen molar-refractivity contribution in [2.45, 2.75) is 6.61 Å². The third-order valence-electron chi connectivity index (χ3n) is 4.07. The normalized spacial score (nSPS) is 10.9. The maximum Gasteiger partial charge on any atom is 0.374 e. The highest BCUT2D eigenvalue weighted by Crippen LogP contribution is 2.20. The number of hydrogen-bond donors (Lipinski definition) is 0. The molecular formula is C21H14O4. The van der Waals surface area contributed by atoms with E-state index in [1.165, 1.54) is 6.07 Å². The fraction of sp³-hybridized carbons (Fsp3) is 0.0476. The first-order valence-corrected chi connectivity index (χ1v) is 7.89. The second-order valence-electron chi connectivity index (χ2n) is 5.69. The van der Waals surface area contributed by atoms with E-state index in [4.69, 9.17) is 9.15 Å². The van der Waals surface area contributed by atoms with Gasteiger partial charge in [-0.25, -0.2) is 4.79 Å². The Balaban J connectivity index is 1.61. The van der Waals surface area contributed by atoms with Crippen LogP contribution in [-0.2, 0) is 11.3 Å². The molecule has 4 heteroatoms. The molecule has 0 fully saturated rings. The van der Waals surface area contributed by atoms with Crippen LogP contribution in [0.5, 0.6) is 0 Å². The van der Waals surface area contributed by atoms with E-state index >= 15 is 0 Å². The Kier molecular flexibility index (Phi) is 3.78. The first kappa shape index (κ1) is 15.1. The van der Waals surface area contributed by atoms with Gasteiger partial charge in [0.15, 0.2) is 5.43 Å². The predicted molar refractivity (Wildman–Crippen MR) is 95.6 cm³/mol. The molecule has 122 valence electrons. The lowest BCUT2D eigenvalue weighted by molar-refractivity contribution is 0.0438. The SMILES string of the molecule is O=C(OCc1cccc2ccccc12)c1cc(=O)c2ccccc2o1. The summed E-state index contributed by atoms with van der Waals surface area (Å²) in [6, 6.07) is 21.7. The van der Waals surface area contributed by atoms with Crippen LogP contribution in [0.3, 0.4) is 0 Å². The molecular weight excluding hydrogens is 316 g/mol. The highest BCUT2D eigenvalue weighted by molar-refractivity contribution is 5.89. The van der Waals surface area contributed by atoms with Crippen LogP contribution >= 0.6 is 0 Å². The van der Waals surface area contributed by atoms with Gasteiger partial charge >= 0.3 is 5.97 Å². The topological polar surface area (TPSA) is 56.5 Å². The molecule has 3 aromatic carbocycles. The molecule has 0 N–H and O–H groups in total. The Morgan fingerprint density at radius 1 is 0.880 bits per heavy atom. The molecule has 0 bridgehead atoms. The van der Waals surface area contributed by atoms with Crippen LogP contribution in [0, 0.1) is 0 Å². The highest BCUT2D eigenvalue weighted by Gasteiger charge is 2.14. The number of para-hydroxylation sites is 1. The van der Waals surface area contributed by atoms with Crippen molar-refractivity contribution in [3.63, 3.8) is 0 Å². The zero-order valence-electron chi connectivity index (χ0n) is 13.3. The average molecular weight is 330 g/mol. The van der Waals surface area contributed by atoms with Crippen molar-refractivity contribution in [3.05, 3.63) is 94.3 Å². The van der Waals surface area contributed by atoms with Crippen LogP contribution < -0.4 is 5.43 Å². The van der Waals surface area contributed by atoms with Crippen molar-refractivity contribution >= 4 is 27.7 Å². The summed E-state index contributed by atoms with van der Waals surface area (Å²) in [4.78, 5) is 24.4. The molecule has 25 heavy (non-hydrogen) atoms. The fourth-order valence-electron chi connectivity index (χ4n) is 2.84. The van der Waals surface area contributed by atoms with E-state index in [-0.39, 0.29) is 17.8 Å². The molecule has 1 heterocycles. The molecule has 1 aromatic heterocycles. The van der Waals surface area contributed by atoms with Crippen molar-refractivity contribution in [2.24, 2.45) is 0 Å². The minimum absolute atomic E-state index is 0.0936. The third-order valence-corrected chi connectivity index (χ3v) is 4.07. The van der Waals surface area contributed by atoms with E-state index in [2.05, 4.69) is 0 Å². The van der Waals surface area contributed by atoms with Gasteiger partial charge in [0, 0.05) is 6.07 Å². The van der Waals surface area contributed by atoms with E-state index in [0.29, 0.717) is 11.0 Å². The zero-order chi connectivity index (χ0) is 17.2. The lowest BCUT2D eigenvalue weighted by Gasteiger charge is -2.08. The maximum atomic E-state index is 12.3. The number of esters is 1. The van der Waals surface area contributed by atoms with Crippen LogP contribution in [0.25, 0.3) is 21.7 Å². The van der Waals surface area contributed by atoms with E-state index in [1.54, 1.807) is 24.3 Å². The summed E-state index contributed by atoms with van der Waals surface area (Å²) >= 11 is 0. The highest BCUT2D eigenvalue weighted by atomic mass is 16.5. The first-order valence-electron chi connectivity index (χ1n) is 7.89. The van der Waals surface area contributed by atoms with Crippen LogP contribution in [0.1, 0.15) is 16.1 Å². The smallest absolute Gasteiger partial charge is 0.374 e. The fourth-order valence-corrected chi connectivity index (χ4v) is 2.84. The summed E-state index contributed by atoms with van der Waals surface area (Å²) in [5, 5.41) is 2.54. The van der Waals surface area contributed by atoms with E-state index in [9.17, 15) is 9.59 Å². The number of rotatable bonds is 3. The summed E-state index contributed by atoms with van der Waals surface area (Å²) in [7, 11) is 0. The Labute approximate surface area is 143 Å². The molecule has 0 amide bonds. The van der Waals surface area contributed by atoms with Crippen LogP contribution in [0.4, 0.5) is 0 Å². The Morgan fingerprint density at radius 3 is 2.48 bits per heavy atom. The monoisotopic (exact) mass is 330 g/mol. The summed E-state index contributed by atoms with van der Waals surface area (Å²) in [5.41, 5.74) is 1.00. The molecule has 0 aliphatic heterocycles. The molecule has 0 radical (unpaired) electrons. The molecule has 4 aromatic rings. The van der Waals surface area contributed by atoms with Gasteiger partial charge in [0.05, 0.1) is 5.39 Å². The van der Waals surface area contributed by atoms with Gasteiger partial charge in [-0.2, -0.15) is 0 Å². The second-order valence-corrected chi connectivity index (χ2v) is 5.69. The number of hydrogen-bond acceptors (Lipinski definition) is 4. The second kappa shape index (κ2) is 6.24. The minimum Gasteiger partial charge on any atom is -0.455 e. The Hall–Kier alpha value is -3.40. The molecule has 0 saturated carbocycles. The number of benzene rings is 3. The molecule has 0 aliphatic carbocycles. The maximum absolute atomic E-state index is 12.3. The minimum atomic E-state index is -0.657. The van der Waals surface area contributed by atoms with Gasteiger partial charge < -0.3 is 9.15 Å². The molecule has 0 saturated heterocycles. The van der Waals surface area contributed by atoms with Crippen LogP contribution in [-0.4, -0.2) is 5.97 Å². The average Bonchev–Trinajstić information content (AvgIpc) is 2.66. The van der Waals surface area contributed by atoms with Crippen LogP contribution in [0.15, 0.2) is 82.0 Å². The van der Waals surface area contributed by atoms with Crippen molar-refractivity contribution in [3.8, 4) is 0 Å². The van der Waals surface area contributed by atoms with Crippen molar-refractivity contribution in [1.82, 2.24) is 0 Å². The standard InChI is InChI=1S/C21H14O4/c22-18-12-20(25-19-11-4-3-10-17(18)19)21(23)24-13-15-8-5-7-14-6-1-2-9-16(14)15/h1-12H,13H2. The molecule has 0 atom stereocenters. The van der Waals surface area contributed by atoms with E-state index in [0.717, 1.165) is 16.3 Å². The predicted octanol–water partition coefficient (Wildman–Crippen LogP) is 4.30. The van der Waals surface area contributed by atoms with Gasteiger partial charge in [0.1, 0.15) is 12.2 Å². The molecule has 0 unspecified atom stereocenters. The summed E-state index contributed by atoms with van der Waals surface area (Å²) in [6.45, 7) is 0.108. The van der Waals surface area contributed by atoms with Gasteiger partial charge in [-0.15, -0.1) is 0 Å². The van der Waals surface area contributed by atoms with Gasteiger partial charge in [-0.3, -0.25) is 4.79 Å². The molecule has 4 nitrogen and oxygen atoms in total. The lowest BCUT2D eigenvalue weighted by Crippen LogP contribution is -2.10. The zero-order valence-corrected chi connectivity index (χ0v) is 13.3. The third kappa shape index (κ3) is 2.90. The largest absolute Gasteiger partial charge is 0.455 e. The summed E-state index contributed by atoms with van der Waals surface area (Å²) in [6.07, 6.45) is 0. The molecule has 0 aliphatic rings. The number of ether oxygens (including phenoxy) is 1. The first-order chi connectivity index (χ1) is 12.2. The molecule has 0 spiro atoms. The molecule has 4 rings (SSSR count). The quantitative estimate of drug-likeness (QED) is 0.525. The van der Waals surface area contributed by atoms with Crippen LogP contribution in [0.2, 0.25) is 0 Å². The van der Waals surface area contributed by atoms with Crippen molar-refractivity contribution in [1.29, 1.82) is 0 Å². The van der Waals surface area contributed by atoms with E-state index < -0.39 is 5.97 Å². The Morgan fingerprint density at radius 2 is 1.60 bits per heavy atom. The van der Waals surface area contributed by atoms with Crippen molar-refractivity contribution in [2.75, 3.05) is 0 Å². The lowest BCUT2D eigenvalue weighted by atomic mass is 10.1.